The number of rotatable bonds is 0. The summed E-state index contributed by atoms with van der Waals surface area (Å²) in [5, 5.41) is 10.3. The zero-order valence-corrected chi connectivity index (χ0v) is 10.9. The zero-order valence-electron chi connectivity index (χ0n) is 10.9. The molecule has 6 heteroatoms. The Balaban J connectivity index is 2.46. The quantitative estimate of drug-likeness (QED) is 0.662. The topological polar surface area (TPSA) is 70.1 Å². The highest BCUT2D eigenvalue weighted by Crippen LogP contribution is 2.33. The molecule has 0 aromatic carbocycles. The van der Waals surface area contributed by atoms with E-state index in [1.54, 1.807) is 6.20 Å². The molecular formula is C13H16N2O4. The maximum Gasteiger partial charge on any atom is 0.416 e. The highest BCUT2D eigenvalue weighted by atomic mass is 16.5. The molecule has 0 aromatic heterocycles. The number of nitrogens with zero attached hydrogens (tertiary/aromatic N) is 2. The molecule has 2 aliphatic heterocycles. The van der Waals surface area contributed by atoms with E-state index in [-0.39, 0.29) is 17.2 Å². The van der Waals surface area contributed by atoms with Gasteiger partial charge in [0.2, 0.25) is 0 Å². The lowest BCUT2D eigenvalue weighted by molar-refractivity contribution is -0.127. The molecule has 0 bridgehead atoms. The normalized spacial score (nSPS) is 27.1. The van der Waals surface area contributed by atoms with Crippen LogP contribution in [-0.4, -0.2) is 46.3 Å². The summed E-state index contributed by atoms with van der Waals surface area (Å²) in [7, 11) is 1.20. The zero-order chi connectivity index (χ0) is 14.3. The van der Waals surface area contributed by atoms with Crippen molar-refractivity contribution in [2.45, 2.75) is 25.6 Å². The molecular weight excluding hydrogens is 248 g/mol. The van der Waals surface area contributed by atoms with Crippen molar-refractivity contribution in [3.8, 4) is 0 Å². The number of fused-ring (bicyclic) bond motifs is 1. The second kappa shape index (κ2) is 4.55. The Labute approximate surface area is 111 Å². The van der Waals surface area contributed by atoms with Gasteiger partial charge in [-0.1, -0.05) is 18.7 Å². The molecule has 1 saturated heterocycles. The number of ether oxygens (including phenoxy) is 1. The van der Waals surface area contributed by atoms with Crippen LogP contribution in [0.15, 0.2) is 36.2 Å². The molecule has 19 heavy (non-hydrogen) atoms. The highest BCUT2D eigenvalue weighted by Gasteiger charge is 2.44. The van der Waals surface area contributed by atoms with Crippen LogP contribution in [0.4, 0.5) is 4.79 Å². The molecule has 2 amide bonds. The van der Waals surface area contributed by atoms with Crippen LogP contribution in [0, 0.1) is 0 Å². The van der Waals surface area contributed by atoms with Crippen LogP contribution >= 0.6 is 0 Å². The van der Waals surface area contributed by atoms with Crippen molar-refractivity contribution in [1.82, 2.24) is 9.80 Å². The summed E-state index contributed by atoms with van der Waals surface area (Å²) >= 11 is 0. The monoisotopic (exact) mass is 264 g/mol. The summed E-state index contributed by atoms with van der Waals surface area (Å²) in [6.07, 6.45) is 0.172. The van der Waals surface area contributed by atoms with Crippen LogP contribution in [0.25, 0.3) is 0 Å². The lowest BCUT2D eigenvalue weighted by Crippen LogP contribution is -2.48. The average Bonchev–Trinajstić information content (AvgIpc) is 2.75. The molecule has 1 N–H and O–H groups in total. The van der Waals surface area contributed by atoms with Crippen LogP contribution < -0.4 is 0 Å². The smallest absolute Gasteiger partial charge is 0.416 e. The van der Waals surface area contributed by atoms with Gasteiger partial charge >= 0.3 is 6.09 Å². The number of carbonyl (C=O) groups is 2. The fourth-order valence-corrected chi connectivity index (χ4v) is 2.35. The average molecular weight is 264 g/mol. The maximum atomic E-state index is 12.2. The summed E-state index contributed by atoms with van der Waals surface area (Å²) in [5.74, 6) is -0.364. The fourth-order valence-electron chi connectivity index (χ4n) is 2.35. The third kappa shape index (κ3) is 1.94. The van der Waals surface area contributed by atoms with E-state index in [0.29, 0.717) is 6.42 Å². The largest absolute Gasteiger partial charge is 0.452 e. The van der Waals surface area contributed by atoms with Crippen molar-refractivity contribution in [2.75, 3.05) is 7.11 Å². The van der Waals surface area contributed by atoms with Crippen LogP contribution in [0.5, 0.6) is 0 Å². The maximum absolute atomic E-state index is 12.2. The van der Waals surface area contributed by atoms with Gasteiger partial charge in [-0.25, -0.2) is 9.69 Å². The van der Waals surface area contributed by atoms with E-state index in [9.17, 15) is 14.7 Å². The predicted molar refractivity (Wildman–Crippen MR) is 67.5 cm³/mol. The fraction of sp³-hybridized carbons (Fsp3) is 0.385. The van der Waals surface area contributed by atoms with E-state index >= 15 is 0 Å². The van der Waals surface area contributed by atoms with E-state index in [1.807, 2.05) is 6.92 Å². The molecule has 2 atom stereocenters. The molecule has 6 nitrogen and oxygen atoms in total. The van der Waals surface area contributed by atoms with Gasteiger partial charge in [-0.05, 0) is 13.3 Å². The molecule has 1 fully saturated rings. The van der Waals surface area contributed by atoms with E-state index in [1.165, 1.54) is 12.0 Å². The number of hydrogen-bond acceptors (Lipinski definition) is 4. The van der Waals surface area contributed by atoms with Crippen LogP contribution in [-0.2, 0) is 9.53 Å². The van der Waals surface area contributed by atoms with Crippen LogP contribution in [0.3, 0.4) is 0 Å². The first-order valence-electron chi connectivity index (χ1n) is 5.82. The molecule has 0 radical (unpaired) electrons. The Morgan fingerprint density at radius 1 is 1.53 bits per heavy atom. The van der Waals surface area contributed by atoms with Gasteiger partial charge in [-0.3, -0.25) is 4.79 Å². The van der Waals surface area contributed by atoms with Crippen molar-refractivity contribution < 1.29 is 19.4 Å². The number of amides is 2. The second-order valence-corrected chi connectivity index (χ2v) is 4.64. The first-order chi connectivity index (χ1) is 8.88. The van der Waals surface area contributed by atoms with Gasteiger partial charge in [0.05, 0.1) is 24.4 Å². The molecule has 2 aliphatic rings. The van der Waals surface area contributed by atoms with Crippen molar-refractivity contribution in [3.05, 3.63) is 36.2 Å². The Kier molecular flexibility index (Phi) is 3.20. The van der Waals surface area contributed by atoms with Crippen molar-refractivity contribution in [2.24, 2.45) is 0 Å². The SMILES string of the molecule is C=C1C(=C)N(C(=O)OC)[C@@H](O)[C@@H]2CC(C)=CN2C1=O. The van der Waals surface area contributed by atoms with E-state index in [2.05, 4.69) is 17.9 Å². The van der Waals surface area contributed by atoms with Gasteiger partial charge in [0.15, 0.2) is 6.23 Å². The first kappa shape index (κ1) is 13.4. The minimum Gasteiger partial charge on any atom is -0.452 e. The van der Waals surface area contributed by atoms with Crippen molar-refractivity contribution in [3.63, 3.8) is 0 Å². The molecule has 2 heterocycles. The van der Waals surface area contributed by atoms with E-state index in [0.717, 1.165) is 10.5 Å². The molecule has 0 aromatic rings. The lowest BCUT2D eigenvalue weighted by atomic mass is 10.1. The van der Waals surface area contributed by atoms with E-state index < -0.39 is 18.4 Å². The molecule has 2 rings (SSSR count). The number of hydrogen-bond donors (Lipinski definition) is 1. The second-order valence-electron chi connectivity index (χ2n) is 4.64. The summed E-state index contributed by atoms with van der Waals surface area (Å²) in [5.41, 5.74) is 1.07. The minimum atomic E-state index is -1.21. The Bertz CT molecular complexity index is 509. The summed E-state index contributed by atoms with van der Waals surface area (Å²) in [6.45, 7) is 9.15. The molecule has 0 unspecified atom stereocenters. The summed E-state index contributed by atoms with van der Waals surface area (Å²) in [4.78, 5) is 26.3. The van der Waals surface area contributed by atoms with Gasteiger partial charge in [-0.15, -0.1) is 0 Å². The molecule has 0 spiro atoms. The standard InChI is InChI=1S/C13H16N2O4/c1-7-5-10-12(17)15(13(18)19-4)9(3)8(2)11(16)14(10)6-7/h6,10,12,17H,2-3,5H2,1,4H3/t10-,12-/m0/s1. The van der Waals surface area contributed by atoms with E-state index in [4.69, 9.17) is 0 Å². The van der Waals surface area contributed by atoms with Crippen LogP contribution in [0.2, 0.25) is 0 Å². The Hall–Kier alpha value is -2.08. The molecule has 102 valence electrons. The summed E-state index contributed by atoms with van der Waals surface area (Å²) in [6, 6.07) is -0.539. The number of aliphatic hydroxyl groups is 1. The number of methoxy groups -OCH3 is 1. The van der Waals surface area contributed by atoms with Gasteiger partial charge in [0.1, 0.15) is 0 Å². The molecule has 0 saturated carbocycles. The predicted octanol–water partition coefficient (Wildman–Crippen LogP) is 0.961. The third-order valence-electron chi connectivity index (χ3n) is 3.36. The van der Waals surface area contributed by atoms with Crippen molar-refractivity contribution >= 4 is 12.0 Å². The van der Waals surface area contributed by atoms with Gasteiger partial charge < -0.3 is 14.7 Å². The Morgan fingerprint density at radius 3 is 2.74 bits per heavy atom. The number of aliphatic hydroxyl groups excluding tert-OH is 1. The molecule has 0 aliphatic carbocycles. The minimum absolute atomic E-state index is 0.0600. The number of carbonyl (C=O) groups excluding carboxylic acids is 2. The third-order valence-corrected chi connectivity index (χ3v) is 3.36. The van der Waals surface area contributed by atoms with Crippen LogP contribution in [0.1, 0.15) is 13.3 Å². The summed E-state index contributed by atoms with van der Waals surface area (Å²) < 4.78 is 4.62. The van der Waals surface area contributed by atoms with Gasteiger partial charge in [0, 0.05) is 6.20 Å². The first-order valence-corrected chi connectivity index (χ1v) is 5.82. The lowest BCUT2D eigenvalue weighted by Gasteiger charge is -2.30. The van der Waals surface area contributed by atoms with Gasteiger partial charge in [0.25, 0.3) is 5.91 Å². The highest BCUT2D eigenvalue weighted by molar-refractivity contribution is 5.99. The van der Waals surface area contributed by atoms with Crippen molar-refractivity contribution in [1.29, 1.82) is 0 Å². The van der Waals surface area contributed by atoms with Gasteiger partial charge in [-0.2, -0.15) is 0 Å². The Morgan fingerprint density at radius 2 is 2.16 bits per heavy atom.